The van der Waals surface area contributed by atoms with Gasteiger partial charge in [-0.05, 0) is 59.1 Å². The number of nitrogens with zero attached hydrogens (tertiary/aromatic N) is 1. The van der Waals surface area contributed by atoms with E-state index in [2.05, 4.69) is 21.2 Å². The average Bonchev–Trinajstić information content (AvgIpc) is 2.93. The lowest BCUT2D eigenvalue weighted by Crippen LogP contribution is -2.30. The number of carbonyl (C=O) groups excluding carboxylic acids is 2. The summed E-state index contributed by atoms with van der Waals surface area (Å²) in [6, 6.07) is 12.6. The van der Waals surface area contributed by atoms with Gasteiger partial charge in [-0.2, -0.15) is 0 Å². The van der Waals surface area contributed by atoms with Gasteiger partial charge in [0.05, 0.1) is 24.2 Å². The van der Waals surface area contributed by atoms with Gasteiger partial charge in [0.1, 0.15) is 5.70 Å². The van der Waals surface area contributed by atoms with Crippen molar-refractivity contribution in [2.45, 2.75) is 20.4 Å². The maximum absolute atomic E-state index is 12.7. The number of rotatable bonds is 7. The summed E-state index contributed by atoms with van der Waals surface area (Å²) in [6.07, 6.45) is 1.63. The number of ether oxygens (including phenoxy) is 2. The Morgan fingerprint density at radius 2 is 1.79 bits per heavy atom. The Bertz CT molecular complexity index is 912. The van der Waals surface area contributed by atoms with Crippen LogP contribution in [0, 0.1) is 0 Å². The van der Waals surface area contributed by atoms with E-state index in [0.29, 0.717) is 34.7 Å². The first kappa shape index (κ1) is 19.9. The third kappa shape index (κ3) is 4.36. The van der Waals surface area contributed by atoms with E-state index in [0.717, 1.165) is 5.56 Å². The van der Waals surface area contributed by atoms with Crippen molar-refractivity contribution in [3.8, 4) is 11.5 Å². The van der Waals surface area contributed by atoms with Gasteiger partial charge in [0.2, 0.25) is 0 Å². The number of nitrogens with one attached hydrogen (secondary N) is 1. The molecule has 2 aromatic rings. The van der Waals surface area contributed by atoms with Crippen LogP contribution in [0.15, 0.2) is 52.6 Å². The number of imide groups is 1. The monoisotopic (exact) mass is 444 g/mol. The van der Waals surface area contributed by atoms with Gasteiger partial charge >= 0.3 is 6.03 Å². The first-order chi connectivity index (χ1) is 13.5. The third-order valence-corrected chi connectivity index (χ3v) is 4.67. The van der Waals surface area contributed by atoms with Crippen LogP contribution in [0.5, 0.6) is 11.5 Å². The minimum Gasteiger partial charge on any atom is -0.490 e. The predicted molar refractivity (Wildman–Crippen MR) is 110 cm³/mol. The Balaban J connectivity index is 1.87. The molecule has 1 heterocycles. The zero-order valence-corrected chi connectivity index (χ0v) is 17.3. The Kier molecular flexibility index (Phi) is 6.36. The summed E-state index contributed by atoms with van der Waals surface area (Å²) < 4.78 is 12.0. The van der Waals surface area contributed by atoms with Gasteiger partial charge < -0.3 is 14.8 Å². The van der Waals surface area contributed by atoms with Crippen LogP contribution in [-0.2, 0) is 11.3 Å². The van der Waals surface area contributed by atoms with E-state index >= 15 is 0 Å². The molecule has 28 heavy (non-hydrogen) atoms. The zero-order valence-electron chi connectivity index (χ0n) is 15.7. The Morgan fingerprint density at radius 3 is 2.46 bits per heavy atom. The van der Waals surface area contributed by atoms with Crippen LogP contribution >= 0.6 is 15.9 Å². The normalized spacial score (nSPS) is 15.1. The van der Waals surface area contributed by atoms with E-state index in [9.17, 15) is 9.59 Å². The third-order valence-electron chi connectivity index (χ3n) is 4.08. The van der Waals surface area contributed by atoms with Gasteiger partial charge in [0, 0.05) is 0 Å². The van der Waals surface area contributed by atoms with Gasteiger partial charge in [-0.15, -0.1) is 0 Å². The van der Waals surface area contributed by atoms with E-state index in [1.54, 1.807) is 12.1 Å². The second-order valence-corrected chi connectivity index (χ2v) is 6.92. The van der Waals surface area contributed by atoms with Crippen molar-refractivity contribution in [2.24, 2.45) is 0 Å². The summed E-state index contributed by atoms with van der Waals surface area (Å²) in [4.78, 5) is 26.1. The van der Waals surface area contributed by atoms with Crippen LogP contribution in [-0.4, -0.2) is 30.1 Å². The number of amides is 3. The molecule has 2 aromatic carbocycles. The highest BCUT2D eigenvalue weighted by Crippen LogP contribution is 2.37. The molecule has 1 fully saturated rings. The molecule has 3 amide bonds. The molecule has 0 saturated carbocycles. The molecule has 0 spiro atoms. The molecule has 146 valence electrons. The van der Waals surface area contributed by atoms with Crippen LogP contribution in [0.2, 0.25) is 0 Å². The summed E-state index contributed by atoms with van der Waals surface area (Å²) in [5, 5.41) is 2.64. The largest absolute Gasteiger partial charge is 0.490 e. The van der Waals surface area contributed by atoms with E-state index < -0.39 is 6.03 Å². The van der Waals surface area contributed by atoms with Crippen LogP contribution < -0.4 is 14.8 Å². The molecule has 0 unspecified atom stereocenters. The number of carbonyl (C=O) groups is 2. The predicted octanol–water partition coefficient (Wildman–Crippen LogP) is 4.34. The minimum atomic E-state index is -0.435. The molecular weight excluding hydrogens is 424 g/mol. The first-order valence-corrected chi connectivity index (χ1v) is 9.80. The Morgan fingerprint density at radius 1 is 1.07 bits per heavy atom. The van der Waals surface area contributed by atoms with Crippen molar-refractivity contribution in [2.75, 3.05) is 13.2 Å². The summed E-state index contributed by atoms with van der Waals surface area (Å²) in [5.74, 6) is 0.819. The van der Waals surface area contributed by atoms with E-state index in [4.69, 9.17) is 9.47 Å². The van der Waals surface area contributed by atoms with Gasteiger partial charge in [0.15, 0.2) is 11.5 Å². The molecular formula is C21H21BrN2O4. The standard InChI is InChI=1S/C21H21BrN2O4/c1-3-27-18-12-15(10-16(22)19(18)28-4-2)11-17-20(25)24(21(26)23-17)13-14-8-6-5-7-9-14/h5-12H,3-4,13H2,1-2H3,(H,23,26)/b17-11+. The van der Waals surface area contributed by atoms with Crippen LogP contribution in [0.3, 0.4) is 0 Å². The molecule has 0 bridgehead atoms. The highest BCUT2D eigenvalue weighted by atomic mass is 79.9. The van der Waals surface area contributed by atoms with Crippen molar-refractivity contribution in [1.82, 2.24) is 10.2 Å². The molecule has 1 N–H and O–H groups in total. The number of hydrogen-bond donors (Lipinski definition) is 1. The smallest absolute Gasteiger partial charge is 0.329 e. The van der Waals surface area contributed by atoms with Crippen molar-refractivity contribution in [1.29, 1.82) is 0 Å². The van der Waals surface area contributed by atoms with Gasteiger partial charge in [0.25, 0.3) is 5.91 Å². The van der Waals surface area contributed by atoms with Crippen LogP contribution in [0.4, 0.5) is 4.79 Å². The lowest BCUT2D eigenvalue weighted by molar-refractivity contribution is -0.123. The summed E-state index contributed by atoms with van der Waals surface area (Å²) in [6.45, 7) is 4.98. The van der Waals surface area contributed by atoms with Gasteiger partial charge in [-0.3, -0.25) is 9.69 Å². The second-order valence-electron chi connectivity index (χ2n) is 6.06. The van der Waals surface area contributed by atoms with Gasteiger partial charge in [-0.25, -0.2) is 4.79 Å². The average molecular weight is 445 g/mol. The SMILES string of the molecule is CCOc1cc(/C=C2/NC(=O)N(Cc3ccccc3)C2=O)cc(Br)c1OCC. The zero-order chi connectivity index (χ0) is 20.1. The molecule has 6 nitrogen and oxygen atoms in total. The fourth-order valence-electron chi connectivity index (χ4n) is 2.87. The number of hydrogen-bond acceptors (Lipinski definition) is 4. The molecule has 0 aliphatic carbocycles. The summed E-state index contributed by atoms with van der Waals surface area (Å²) in [7, 11) is 0. The molecule has 0 atom stereocenters. The highest BCUT2D eigenvalue weighted by Gasteiger charge is 2.33. The van der Waals surface area contributed by atoms with Crippen molar-refractivity contribution in [3.63, 3.8) is 0 Å². The Labute approximate surface area is 172 Å². The van der Waals surface area contributed by atoms with Gasteiger partial charge in [-0.1, -0.05) is 30.3 Å². The fraction of sp³-hybridized carbons (Fsp3) is 0.238. The number of benzene rings is 2. The van der Waals surface area contributed by atoms with Crippen molar-refractivity contribution >= 4 is 33.9 Å². The molecule has 1 saturated heterocycles. The second kappa shape index (κ2) is 8.93. The topological polar surface area (TPSA) is 67.9 Å². The minimum absolute atomic E-state index is 0.222. The molecule has 3 rings (SSSR count). The Hall–Kier alpha value is -2.80. The molecule has 0 aromatic heterocycles. The maximum Gasteiger partial charge on any atom is 0.329 e. The van der Waals surface area contributed by atoms with E-state index in [1.165, 1.54) is 4.90 Å². The first-order valence-electron chi connectivity index (χ1n) is 9.01. The summed E-state index contributed by atoms with van der Waals surface area (Å²) in [5.41, 5.74) is 1.82. The quantitative estimate of drug-likeness (QED) is 0.509. The van der Waals surface area contributed by atoms with Crippen molar-refractivity contribution in [3.05, 3.63) is 63.8 Å². The fourth-order valence-corrected chi connectivity index (χ4v) is 3.44. The highest BCUT2D eigenvalue weighted by molar-refractivity contribution is 9.10. The maximum atomic E-state index is 12.7. The van der Waals surface area contributed by atoms with Crippen molar-refractivity contribution < 1.29 is 19.1 Å². The lowest BCUT2D eigenvalue weighted by Gasteiger charge is -2.13. The number of halogens is 1. The molecule has 1 aliphatic rings. The van der Waals surface area contributed by atoms with Crippen LogP contribution in [0.25, 0.3) is 6.08 Å². The number of urea groups is 1. The van der Waals surface area contributed by atoms with E-state index in [-0.39, 0.29) is 18.1 Å². The van der Waals surface area contributed by atoms with E-state index in [1.807, 2.05) is 50.2 Å². The van der Waals surface area contributed by atoms with Crippen LogP contribution in [0.1, 0.15) is 25.0 Å². The molecule has 7 heteroatoms. The summed E-state index contributed by atoms with van der Waals surface area (Å²) >= 11 is 3.48. The lowest BCUT2D eigenvalue weighted by atomic mass is 10.1. The molecule has 1 aliphatic heterocycles. The molecule has 0 radical (unpaired) electrons.